The first-order valence-corrected chi connectivity index (χ1v) is 6.96. The van der Waals surface area contributed by atoms with Crippen LogP contribution in [0.5, 0.6) is 0 Å². The first-order chi connectivity index (χ1) is 6.72. The van der Waals surface area contributed by atoms with Crippen molar-refractivity contribution in [2.24, 2.45) is 5.92 Å². The molecule has 0 spiro atoms. The van der Waals surface area contributed by atoms with Crippen LogP contribution in [0.25, 0.3) is 0 Å². The first kappa shape index (κ1) is 10.6. The Morgan fingerprint density at radius 3 is 2.93 bits per heavy atom. The van der Waals surface area contributed by atoms with Crippen LogP contribution < -0.4 is 0 Å². The molecule has 1 fully saturated rings. The summed E-state index contributed by atoms with van der Waals surface area (Å²) in [7, 11) is 0. The molecule has 2 heterocycles. The van der Waals surface area contributed by atoms with Crippen LogP contribution in [0.4, 0.5) is 0 Å². The highest BCUT2D eigenvalue weighted by Gasteiger charge is 2.32. The van der Waals surface area contributed by atoms with Gasteiger partial charge >= 0.3 is 0 Å². The zero-order valence-electron chi connectivity index (χ0n) is 7.24. The van der Waals surface area contributed by atoms with Gasteiger partial charge in [-0.25, -0.2) is 4.98 Å². The summed E-state index contributed by atoms with van der Waals surface area (Å²) in [6.07, 6.45) is 0. The number of nitrogens with zero attached hydrogens (tertiary/aromatic N) is 2. The molecule has 1 aliphatic rings. The average Bonchev–Trinajstić information content (AvgIpc) is 2.49. The number of likely N-dealkylation sites (tertiary alicyclic amines) is 1. The smallest absolute Gasteiger partial charge is 0.274 e. The Bertz CT molecular complexity index is 349. The topological polar surface area (TPSA) is 33.2 Å². The van der Waals surface area contributed by atoms with Crippen molar-refractivity contribution in [2.75, 3.05) is 18.4 Å². The van der Waals surface area contributed by atoms with Crippen molar-refractivity contribution in [3.8, 4) is 0 Å². The van der Waals surface area contributed by atoms with E-state index in [2.05, 4.69) is 36.8 Å². The molecule has 0 aromatic carbocycles. The fourth-order valence-corrected chi connectivity index (χ4v) is 2.79. The fourth-order valence-electron chi connectivity index (χ4n) is 1.35. The molecule has 0 N–H and O–H groups in total. The molecule has 14 heavy (non-hydrogen) atoms. The van der Waals surface area contributed by atoms with Crippen LogP contribution in [0.2, 0.25) is 0 Å². The molecule has 1 aromatic rings. The number of aromatic nitrogens is 1. The van der Waals surface area contributed by atoms with E-state index < -0.39 is 0 Å². The molecule has 1 saturated heterocycles. The summed E-state index contributed by atoms with van der Waals surface area (Å²) in [5.74, 6) is 0.645. The monoisotopic (exact) mass is 338 g/mol. The molecule has 1 aromatic heterocycles. The molecular weight excluding hydrogens is 332 g/mol. The van der Waals surface area contributed by atoms with Gasteiger partial charge in [-0.1, -0.05) is 15.9 Å². The van der Waals surface area contributed by atoms with E-state index in [1.807, 2.05) is 4.90 Å². The fraction of sp³-hybridized carbons (Fsp3) is 0.500. The summed E-state index contributed by atoms with van der Waals surface area (Å²) in [5, 5.41) is 0.967. The molecule has 76 valence electrons. The molecular formula is C8H8Br2N2OS. The first-order valence-electron chi connectivity index (χ1n) is 4.16. The van der Waals surface area contributed by atoms with Gasteiger partial charge in [0, 0.05) is 24.3 Å². The summed E-state index contributed by atoms with van der Waals surface area (Å²) >= 11 is 8.17. The van der Waals surface area contributed by atoms with Gasteiger partial charge in [-0.2, -0.15) is 0 Å². The molecule has 3 nitrogen and oxygen atoms in total. The number of hydrogen-bond donors (Lipinski definition) is 0. The van der Waals surface area contributed by atoms with Crippen molar-refractivity contribution < 1.29 is 4.79 Å². The van der Waals surface area contributed by atoms with E-state index in [1.165, 1.54) is 11.3 Å². The predicted octanol–water partition coefficient (Wildman–Crippen LogP) is 2.37. The molecule has 0 saturated carbocycles. The Labute approximate surface area is 103 Å². The Balaban J connectivity index is 2.01. The van der Waals surface area contributed by atoms with Gasteiger partial charge in [0.2, 0.25) is 0 Å². The average molecular weight is 340 g/mol. The van der Waals surface area contributed by atoms with Gasteiger partial charge in [-0.3, -0.25) is 4.79 Å². The normalized spacial score (nSPS) is 16.9. The van der Waals surface area contributed by atoms with Crippen LogP contribution in [-0.4, -0.2) is 34.2 Å². The maximum atomic E-state index is 11.8. The van der Waals surface area contributed by atoms with Gasteiger partial charge in [0.25, 0.3) is 5.91 Å². The second kappa shape index (κ2) is 4.28. The van der Waals surface area contributed by atoms with Gasteiger partial charge < -0.3 is 4.90 Å². The van der Waals surface area contributed by atoms with Crippen molar-refractivity contribution >= 4 is 49.1 Å². The Kier molecular flexibility index (Phi) is 3.23. The molecule has 0 radical (unpaired) electrons. The Morgan fingerprint density at radius 2 is 2.43 bits per heavy atom. The van der Waals surface area contributed by atoms with Crippen LogP contribution >= 0.6 is 43.2 Å². The lowest BCUT2D eigenvalue weighted by Gasteiger charge is -2.37. The molecule has 1 amide bonds. The predicted molar refractivity (Wildman–Crippen MR) is 63.0 cm³/mol. The lowest BCUT2D eigenvalue weighted by molar-refractivity contribution is 0.0533. The summed E-state index contributed by atoms with van der Waals surface area (Å²) in [6, 6.07) is 0. The Morgan fingerprint density at radius 1 is 1.71 bits per heavy atom. The number of halogens is 2. The van der Waals surface area contributed by atoms with Crippen LogP contribution in [0.15, 0.2) is 9.30 Å². The minimum Gasteiger partial charge on any atom is -0.336 e. The number of hydrogen-bond acceptors (Lipinski definition) is 3. The third-order valence-corrected chi connectivity index (χ3v) is 4.65. The zero-order valence-corrected chi connectivity index (χ0v) is 11.2. The third kappa shape index (κ3) is 1.87. The van der Waals surface area contributed by atoms with E-state index >= 15 is 0 Å². The SMILES string of the molecule is O=C(c1ncsc1Br)N1CC(CBr)C1. The molecule has 2 rings (SSSR count). The molecule has 0 unspecified atom stereocenters. The maximum Gasteiger partial charge on any atom is 0.274 e. The van der Waals surface area contributed by atoms with Crippen molar-refractivity contribution in [1.82, 2.24) is 9.88 Å². The standard InChI is InChI=1S/C8H8Br2N2OS/c9-1-5-2-12(3-5)8(13)6-7(10)14-4-11-6/h4-5H,1-3H2. The van der Waals surface area contributed by atoms with E-state index in [9.17, 15) is 4.79 Å². The van der Waals surface area contributed by atoms with Gasteiger partial charge in [0.1, 0.15) is 3.79 Å². The van der Waals surface area contributed by atoms with E-state index in [0.29, 0.717) is 11.6 Å². The summed E-state index contributed by atoms with van der Waals surface area (Å²) in [5.41, 5.74) is 2.22. The minimum atomic E-state index is 0.0373. The van der Waals surface area contributed by atoms with E-state index in [-0.39, 0.29) is 5.91 Å². The van der Waals surface area contributed by atoms with Gasteiger partial charge in [-0.05, 0) is 15.9 Å². The van der Waals surface area contributed by atoms with Gasteiger partial charge in [0.15, 0.2) is 5.69 Å². The molecule has 0 bridgehead atoms. The van der Waals surface area contributed by atoms with Crippen LogP contribution in [0.1, 0.15) is 10.5 Å². The molecule has 1 aliphatic heterocycles. The van der Waals surface area contributed by atoms with Gasteiger partial charge in [0.05, 0.1) is 5.51 Å². The number of thiazole rings is 1. The Hall–Kier alpha value is 0.0600. The summed E-state index contributed by atoms with van der Waals surface area (Å²) in [6.45, 7) is 1.68. The second-order valence-corrected chi connectivity index (χ2v) is 6.03. The summed E-state index contributed by atoms with van der Waals surface area (Å²) < 4.78 is 0.824. The van der Waals surface area contributed by atoms with Crippen molar-refractivity contribution in [3.63, 3.8) is 0 Å². The second-order valence-electron chi connectivity index (χ2n) is 3.21. The third-order valence-electron chi connectivity index (χ3n) is 2.19. The van der Waals surface area contributed by atoms with Crippen molar-refractivity contribution in [3.05, 3.63) is 15.0 Å². The highest BCUT2D eigenvalue weighted by atomic mass is 79.9. The van der Waals surface area contributed by atoms with Crippen LogP contribution in [0.3, 0.4) is 0 Å². The number of alkyl halides is 1. The van der Waals surface area contributed by atoms with Crippen molar-refractivity contribution in [1.29, 1.82) is 0 Å². The van der Waals surface area contributed by atoms with E-state index in [0.717, 1.165) is 22.2 Å². The zero-order chi connectivity index (χ0) is 10.1. The van der Waals surface area contributed by atoms with Crippen LogP contribution in [-0.2, 0) is 0 Å². The molecule has 0 aliphatic carbocycles. The van der Waals surface area contributed by atoms with E-state index in [4.69, 9.17) is 0 Å². The van der Waals surface area contributed by atoms with Crippen LogP contribution in [0, 0.1) is 5.92 Å². The number of rotatable bonds is 2. The number of amides is 1. The number of carbonyl (C=O) groups is 1. The summed E-state index contributed by atoms with van der Waals surface area (Å²) in [4.78, 5) is 17.7. The highest BCUT2D eigenvalue weighted by molar-refractivity contribution is 9.11. The lowest BCUT2D eigenvalue weighted by Crippen LogP contribution is -2.50. The lowest BCUT2D eigenvalue weighted by atomic mass is 10.0. The minimum absolute atomic E-state index is 0.0373. The van der Waals surface area contributed by atoms with Crippen molar-refractivity contribution in [2.45, 2.75) is 0 Å². The number of carbonyl (C=O) groups excluding carboxylic acids is 1. The van der Waals surface area contributed by atoms with Gasteiger partial charge in [-0.15, -0.1) is 11.3 Å². The maximum absolute atomic E-state index is 11.8. The quantitative estimate of drug-likeness (QED) is 0.775. The largest absolute Gasteiger partial charge is 0.336 e. The molecule has 0 atom stereocenters. The highest BCUT2D eigenvalue weighted by Crippen LogP contribution is 2.25. The van der Waals surface area contributed by atoms with E-state index in [1.54, 1.807) is 5.51 Å². The molecule has 6 heteroatoms.